The number of carbonyl (C=O) groups excluding carboxylic acids is 2. The smallest absolute Gasteiger partial charge is 0.313 e. The van der Waals surface area contributed by atoms with E-state index in [1.807, 2.05) is 12.2 Å². The Kier molecular flexibility index (Phi) is 12.1. The Bertz CT molecular complexity index is 766. The second-order valence-electron chi connectivity index (χ2n) is 8.70. The van der Waals surface area contributed by atoms with E-state index in [0.29, 0.717) is 30.6 Å². The molecule has 3 unspecified atom stereocenters. The van der Waals surface area contributed by atoms with Crippen LogP contribution in [0.2, 0.25) is 0 Å². The topological polar surface area (TPSA) is 83.8 Å². The van der Waals surface area contributed by atoms with E-state index in [0.717, 1.165) is 25.7 Å². The molecule has 1 aromatic rings. The maximum absolute atomic E-state index is 13.2. The van der Waals surface area contributed by atoms with E-state index in [-0.39, 0.29) is 35.2 Å². The van der Waals surface area contributed by atoms with Crippen molar-refractivity contribution in [1.82, 2.24) is 0 Å². The first kappa shape index (κ1) is 27.5. The van der Waals surface area contributed by atoms with Crippen molar-refractivity contribution in [1.29, 1.82) is 0 Å². The normalized spacial score (nSPS) is 22.6. The molecular weight excluding hydrogens is 443 g/mol. The summed E-state index contributed by atoms with van der Waals surface area (Å²) in [6, 6.07) is 5.85. The third-order valence-corrected chi connectivity index (χ3v) is 7.76. The first-order valence-corrected chi connectivity index (χ1v) is 12.9. The van der Waals surface area contributed by atoms with Crippen LogP contribution in [0.1, 0.15) is 69.8 Å². The number of Topliss-reactive ketones (excluding diaryl/α,β-unsaturated/α-hetero) is 1. The second-order valence-corrected chi connectivity index (χ2v) is 9.91. The SMILES string of the molecule is CCCCCC(O)CS[C@H]1C(O)CC(=O)[C@@H]1CC=CCCC(C(=O)OC)c1ccc(F)cc1. The molecule has 1 aliphatic carbocycles. The number of methoxy groups -OCH3 is 1. The van der Waals surface area contributed by atoms with Gasteiger partial charge in [0.2, 0.25) is 0 Å². The lowest BCUT2D eigenvalue weighted by Crippen LogP contribution is -2.25. The number of ketones is 1. The molecule has 2 N–H and O–H groups in total. The van der Waals surface area contributed by atoms with Crippen molar-refractivity contribution in [3.63, 3.8) is 0 Å². The number of aliphatic hydroxyl groups excluding tert-OH is 2. The lowest BCUT2D eigenvalue weighted by Gasteiger charge is -2.21. The number of carbonyl (C=O) groups is 2. The van der Waals surface area contributed by atoms with Gasteiger partial charge in [-0.15, -0.1) is 0 Å². The predicted octanol–water partition coefficient (Wildman–Crippen LogP) is 4.80. The Hall–Kier alpha value is -1.70. The molecular formula is C26H37FO5S. The Morgan fingerprint density at radius 2 is 1.97 bits per heavy atom. The monoisotopic (exact) mass is 480 g/mol. The number of hydrogen-bond donors (Lipinski definition) is 2. The molecule has 2 rings (SSSR count). The van der Waals surface area contributed by atoms with Crippen LogP contribution in [0.15, 0.2) is 36.4 Å². The summed E-state index contributed by atoms with van der Waals surface area (Å²) in [5.74, 6) is -0.879. The molecule has 5 nitrogen and oxygen atoms in total. The van der Waals surface area contributed by atoms with Crippen LogP contribution in [0.25, 0.3) is 0 Å². The number of thioether (sulfide) groups is 1. The van der Waals surface area contributed by atoms with Crippen LogP contribution in [0.4, 0.5) is 4.39 Å². The minimum Gasteiger partial charge on any atom is -0.469 e. The van der Waals surface area contributed by atoms with Crippen LogP contribution in [-0.4, -0.2) is 52.3 Å². The van der Waals surface area contributed by atoms with E-state index in [9.17, 15) is 24.2 Å². The van der Waals surface area contributed by atoms with Gasteiger partial charge in [0.05, 0.1) is 25.2 Å². The van der Waals surface area contributed by atoms with Gasteiger partial charge in [-0.05, 0) is 43.4 Å². The van der Waals surface area contributed by atoms with Gasteiger partial charge in [0.15, 0.2) is 0 Å². The highest BCUT2D eigenvalue weighted by Crippen LogP contribution is 2.36. The van der Waals surface area contributed by atoms with Crippen molar-refractivity contribution in [2.75, 3.05) is 12.9 Å². The summed E-state index contributed by atoms with van der Waals surface area (Å²) in [7, 11) is 1.34. The van der Waals surface area contributed by atoms with Crippen LogP contribution < -0.4 is 0 Å². The first-order chi connectivity index (χ1) is 15.9. The highest BCUT2D eigenvalue weighted by atomic mass is 32.2. The van der Waals surface area contributed by atoms with Crippen LogP contribution in [0.3, 0.4) is 0 Å². The molecule has 33 heavy (non-hydrogen) atoms. The van der Waals surface area contributed by atoms with Gasteiger partial charge in [-0.25, -0.2) is 4.39 Å². The molecule has 0 radical (unpaired) electrons. The standard InChI is InChI=1S/C26H37FO5S/c1-3-4-6-9-20(28)17-33-25-22(23(29)16-24(25)30)11-8-5-7-10-21(26(31)32-2)18-12-14-19(27)15-13-18/h5,8,12-15,20-22,24-25,28,30H,3-4,6-7,9-11,16-17H2,1-2H3/t20?,21?,22-,24?,25+/m0/s1. The van der Waals surface area contributed by atoms with Gasteiger partial charge in [0.25, 0.3) is 0 Å². The fraction of sp³-hybridized carbons (Fsp3) is 0.615. The van der Waals surface area contributed by atoms with E-state index in [1.54, 1.807) is 12.1 Å². The largest absolute Gasteiger partial charge is 0.469 e. The molecule has 0 aromatic heterocycles. The zero-order chi connectivity index (χ0) is 24.2. The highest BCUT2D eigenvalue weighted by molar-refractivity contribution is 8.00. The van der Waals surface area contributed by atoms with E-state index in [1.165, 1.54) is 31.0 Å². The summed E-state index contributed by atoms with van der Waals surface area (Å²) in [5, 5.41) is 20.3. The lowest BCUT2D eigenvalue weighted by atomic mass is 9.94. The number of ether oxygens (including phenoxy) is 1. The average Bonchev–Trinajstić information content (AvgIpc) is 3.07. The van der Waals surface area contributed by atoms with Gasteiger partial charge in [0.1, 0.15) is 11.6 Å². The zero-order valence-electron chi connectivity index (χ0n) is 19.6. The van der Waals surface area contributed by atoms with Crippen LogP contribution >= 0.6 is 11.8 Å². The highest BCUT2D eigenvalue weighted by Gasteiger charge is 2.41. The predicted molar refractivity (Wildman–Crippen MR) is 130 cm³/mol. The number of halogens is 1. The fourth-order valence-electron chi connectivity index (χ4n) is 4.23. The maximum atomic E-state index is 13.2. The molecule has 1 aromatic carbocycles. The Labute approximate surface area is 200 Å². The number of rotatable bonds is 14. The molecule has 5 atom stereocenters. The summed E-state index contributed by atoms with van der Waals surface area (Å²) < 4.78 is 18.1. The molecule has 0 spiro atoms. The molecule has 0 aliphatic heterocycles. The minimum absolute atomic E-state index is 0.0591. The molecule has 184 valence electrons. The Morgan fingerprint density at radius 3 is 2.64 bits per heavy atom. The van der Waals surface area contributed by atoms with Gasteiger partial charge in [0, 0.05) is 23.3 Å². The summed E-state index contributed by atoms with van der Waals surface area (Å²) in [6.07, 6.45) is 8.53. The third kappa shape index (κ3) is 8.87. The zero-order valence-corrected chi connectivity index (χ0v) is 20.4. The Morgan fingerprint density at radius 1 is 1.24 bits per heavy atom. The fourth-order valence-corrected chi connectivity index (χ4v) is 5.66. The van der Waals surface area contributed by atoms with Gasteiger partial charge in [-0.3, -0.25) is 9.59 Å². The van der Waals surface area contributed by atoms with Crippen molar-refractivity contribution in [2.45, 2.75) is 81.7 Å². The summed E-state index contributed by atoms with van der Waals surface area (Å²) in [5.41, 5.74) is 0.708. The molecule has 0 bridgehead atoms. The van der Waals surface area contributed by atoms with Gasteiger partial charge >= 0.3 is 5.97 Å². The number of esters is 1. The van der Waals surface area contributed by atoms with Crippen LogP contribution in [0, 0.1) is 11.7 Å². The van der Waals surface area contributed by atoms with Crippen LogP contribution in [0.5, 0.6) is 0 Å². The molecule has 0 amide bonds. The van der Waals surface area contributed by atoms with Gasteiger partial charge in [-0.2, -0.15) is 11.8 Å². The summed E-state index contributed by atoms with van der Waals surface area (Å²) in [4.78, 5) is 24.6. The summed E-state index contributed by atoms with van der Waals surface area (Å²) >= 11 is 1.50. The Balaban J connectivity index is 1.86. The first-order valence-electron chi connectivity index (χ1n) is 11.9. The van der Waals surface area contributed by atoms with Crippen molar-refractivity contribution >= 4 is 23.5 Å². The van der Waals surface area contributed by atoms with Crippen molar-refractivity contribution in [3.8, 4) is 0 Å². The number of hydrogen-bond acceptors (Lipinski definition) is 6. The van der Waals surface area contributed by atoms with E-state index in [4.69, 9.17) is 4.74 Å². The molecule has 0 saturated heterocycles. The number of allylic oxidation sites excluding steroid dienone is 2. The third-order valence-electron chi connectivity index (χ3n) is 6.16. The molecule has 1 aliphatic rings. The maximum Gasteiger partial charge on any atom is 0.313 e. The van der Waals surface area contributed by atoms with Crippen molar-refractivity contribution in [2.24, 2.45) is 5.92 Å². The molecule has 0 heterocycles. The quantitative estimate of drug-likeness (QED) is 0.226. The van der Waals surface area contributed by atoms with E-state index >= 15 is 0 Å². The van der Waals surface area contributed by atoms with E-state index in [2.05, 4.69) is 6.92 Å². The molecule has 1 saturated carbocycles. The number of benzene rings is 1. The average molecular weight is 481 g/mol. The molecule has 1 fully saturated rings. The van der Waals surface area contributed by atoms with E-state index < -0.39 is 18.1 Å². The van der Waals surface area contributed by atoms with Crippen molar-refractivity contribution < 1.29 is 28.9 Å². The van der Waals surface area contributed by atoms with Crippen molar-refractivity contribution in [3.05, 3.63) is 47.8 Å². The van der Waals surface area contributed by atoms with Gasteiger partial charge < -0.3 is 14.9 Å². The minimum atomic E-state index is -0.675. The van der Waals surface area contributed by atoms with Gasteiger partial charge in [-0.1, -0.05) is 50.5 Å². The lowest BCUT2D eigenvalue weighted by molar-refractivity contribution is -0.142. The van der Waals surface area contributed by atoms with Crippen LogP contribution in [-0.2, 0) is 14.3 Å². The molecule has 7 heteroatoms. The second kappa shape index (κ2) is 14.5. The number of aliphatic hydroxyl groups is 2. The number of unbranched alkanes of at least 4 members (excludes halogenated alkanes) is 2. The summed E-state index contributed by atoms with van der Waals surface area (Å²) in [6.45, 7) is 2.12.